The number of hydrogen-bond donors (Lipinski definition) is 1. The van der Waals surface area contributed by atoms with Crippen LogP contribution in [0.15, 0.2) is 18.2 Å². The smallest absolute Gasteiger partial charge is 0.104 e. The Morgan fingerprint density at radius 1 is 1.35 bits per heavy atom. The lowest BCUT2D eigenvalue weighted by Gasteiger charge is -2.33. The predicted molar refractivity (Wildman–Crippen MR) is 90.3 cm³/mol. The van der Waals surface area contributed by atoms with Crippen molar-refractivity contribution in [2.45, 2.75) is 51.6 Å². The van der Waals surface area contributed by atoms with E-state index in [0.717, 1.165) is 23.7 Å². The van der Waals surface area contributed by atoms with Gasteiger partial charge >= 0.3 is 0 Å². The maximum atomic E-state index is 6.37. The summed E-state index contributed by atoms with van der Waals surface area (Å²) in [7, 11) is 0. The molecule has 110 valence electrons. The van der Waals surface area contributed by atoms with Gasteiger partial charge in [0.15, 0.2) is 0 Å². The summed E-state index contributed by atoms with van der Waals surface area (Å²) in [6, 6.07) is 6.62. The van der Waals surface area contributed by atoms with Gasteiger partial charge in [-0.3, -0.25) is 4.90 Å². The molecule has 0 unspecified atom stereocenters. The van der Waals surface area contributed by atoms with Gasteiger partial charge < -0.3 is 5.73 Å². The van der Waals surface area contributed by atoms with E-state index in [-0.39, 0.29) is 0 Å². The Labute approximate surface area is 132 Å². The van der Waals surface area contributed by atoms with Crippen LogP contribution in [0.2, 0.25) is 5.02 Å². The molecular formula is C16H23ClN2S. The highest BCUT2D eigenvalue weighted by molar-refractivity contribution is 7.80. The largest absolute Gasteiger partial charge is 0.389 e. The Morgan fingerprint density at radius 3 is 2.60 bits per heavy atom. The number of nitrogens with two attached hydrogens (primary N) is 1. The van der Waals surface area contributed by atoms with E-state index >= 15 is 0 Å². The SMILES string of the molecule is CCN(Cc1ccc(C(N)=S)cc1Cl)C1CCCCC1. The van der Waals surface area contributed by atoms with Crippen molar-refractivity contribution in [1.82, 2.24) is 4.90 Å². The first kappa shape index (κ1) is 15.7. The van der Waals surface area contributed by atoms with E-state index in [0.29, 0.717) is 11.0 Å². The fourth-order valence-electron chi connectivity index (χ4n) is 2.99. The van der Waals surface area contributed by atoms with Crippen LogP contribution in [0.1, 0.15) is 50.2 Å². The van der Waals surface area contributed by atoms with E-state index in [1.165, 1.54) is 37.7 Å². The van der Waals surface area contributed by atoms with Gasteiger partial charge in [0, 0.05) is 23.2 Å². The molecule has 0 heterocycles. The van der Waals surface area contributed by atoms with E-state index < -0.39 is 0 Å². The maximum Gasteiger partial charge on any atom is 0.104 e. The van der Waals surface area contributed by atoms with Crippen molar-refractivity contribution < 1.29 is 0 Å². The maximum absolute atomic E-state index is 6.37. The van der Waals surface area contributed by atoms with E-state index in [1.54, 1.807) is 0 Å². The molecule has 1 fully saturated rings. The van der Waals surface area contributed by atoms with Gasteiger partial charge in [0.2, 0.25) is 0 Å². The zero-order valence-electron chi connectivity index (χ0n) is 12.1. The van der Waals surface area contributed by atoms with Gasteiger partial charge in [-0.2, -0.15) is 0 Å². The van der Waals surface area contributed by atoms with Crippen LogP contribution in [0.3, 0.4) is 0 Å². The van der Waals surface area contributed by atoms with Gasteiger partial charge in [-0.05, 0) is 31.0 Å². The zero-order chi connectivity index (χ0) is 14.5. The quantitative estimate of drug-likeness (QED) is 0.829. The van der Waals surface area contributed by atoms with E-state index in [9.17, 15) is 0 Å². The van der Waals surface area contributed by atoms with Crippen LogP contribution < -0.4 is 5.73 Å². The molecule has 0 radical (unpaired) electrons. The number of nitrogens with zero attached hydrogens (tertiary/aromatic N) is 1. The molecule has 2 rings (SSSR count). The lowest BCUT2D eigenvalue weighted by Crippen LogP contribution is -2.36. The minimum atomic E-state index is 0.401. The Hall–Kier alpha value is -0.640. The summed E-state index contributed by atoms with van der Waals surface area (Å²) in [5.74, 6) is 0. The predicted octanol–water partition coefficient (Wildman–Crippen LogP) is 4.13. The number of hydrogen-bond acceptors (Lipinski definition) is 2. The molecule has 1 aromatic carbocycles. The summed E-state index contributed by atoms with van der Waals surface area (Å²) in [6.45, 7) is 4.21. The summed E-state index contributed by atoms with van der Waals surface area (Å²) in [5, 5.41) is 0.768. The van der Waals surface area contributed by atoms with Gasteiger partial charge in [0.25, 0.3) is 0 Å². The van der Waals surface area contributed by atoms with Gasteiger partial charge in [-0.1, -0.05) is 62.1 Å². The van der Waals surface area contributed by atoms with E-state index in [4.69, 9.17) is 29.6 Å². The first-order chi connectivity index (χ1) is 9.61. The number of benzene rings is 1. The molecule has 0 spiro atoms. The van der Waals surface area contributed by atoms with E-state index in [2.05, 4.69) is 17.9 Å². The molecule has 1 aliphatic rings. The minimum absolute atomic E-state index is 0.401. The third-order valence-electron chi connectivity index (χ3n) is 4.21. The molecule has 2 N–H and O–H groups in total. The van der Waals surface area contributed by atoms with Gasteiger partial charge in [0.05, 0.1) is 0 Å². The molecule has 1 aromatic rings. The van der Waals surface area contributed by atoms with Crippen LogP contribution in [0, 0.1) is 0 Å². The first-order valence-electron chi connectivity index (χ1n) is 7.44. The third-order valence-corrected chi connectivity index (χ3v) is 4.80. The minimum Gasteiger partial charge on any atom is -0.389 e. The monoisotopic (exact) mass is 310 g/mol. The van der Waals surface area contributed by atoms with Crippen LogP contribution in [0.4, 0.5) is 0 Å². The second-order valence-corrected chi connectivity index (χ2v) is 6.37. The molecule has 0 aromatic heterocycles. The third kappa shape index (κ3) is 3.94. The fraction of sp³-hybridized carbons (Fsp3) is 0.562. The average Bonchev–Trinajstić information content (AvgIpc) is 2.46. The lowest BCUT2D eigenvalue weighted by atomic mass is 9.94. The summed E-state index contributed by atoms with van der Waals surface area (Å²) in [4.78, 5) is 2.94. The average molecular weight is 311 g/mol. The van der Waals surface area contributed by atoms with Crippen molar-refractivity contribution in [3.05, 3.63) is 34.3 Å². The summed E-state index contributed by atoms with van der Waals surface area (Å²) >= 11 is 11.4. The molecule has 0 bridgehead atoms. The number of halogens is 1. The van der Waals surface area contributed by atoms with Crippen molar-refractivity contribution >= 4 is 28.8 Å². The van der Waals surface area contributed by atoms with Crippen molar-refractivity contribution in [2.24, 2.45) is 5.73 Å². The van der Waals surface area contributed by atoms with Gasteiger partial charge in [-0.25, -0.2) is 0 Å². The fourth-order valence-corrected chi connectivity index (χ4v) is 3.36. The molecule has 4 heteroatoms. The number of thiocarbonyl (C=S) groups is 1. The standard InChI is InChI=1S/C16H23ClN2S/c1-2-19(14-6-4-3-5-7-14)11-13-9-8-12(16(18)20)10-15(13)17/h8-10,14H,2-7,11H2,1H3,(H2,18,20). The number of rotatable bonds is 5. The van der Waals surface area contributed by atoms with Crippen LogP contribution in [-0.2, 0) is 6.54 Å². The molecule has 2 nitrogen and oxygen atoms in total. The highest BCUT2D eigenvalue weighted by Crippen LogP contribution is 2.26. The second-order valence-electron chi connectivity index (χ2n) is 5.53. The van der Waals surface area contributed by atoms with Crippen LogP contribution >= 0.6 is 23.8 Å². The molecule has 0 aliphatic heterocycles. The Bertz CT molecular complexity index is 470. The van der Waals surface area contributed by atoms with Crippen molar-refractivity contribution in [3.8, 4) is 0 Å². The molecule has 0 saturated heterocycles. The van der Waals surface area contributed by atoms with E-state index in [1.807, 2.05) is 12.1 Å². The Balaban J connectivity index is 2.08. The molecule has 0 amide bonds. The zero-order valence-corrected chi connectivity index (χ0v) is 13.6. The van der Waals surface area contributed by atoms with Gasteiger partial charge in [-0.15, -0.1) is 0 Å². The van der Waals surface area contributed by atoms with Crippen LogP contribution in [-0.4, -0.2) is 22.5 Å². The molecule has 1 saturated carbocycles. The first-order valence-corrected chi connectivity index (χ1v) is 8.22. The van der Waals surface area contributed by atoms with Crippen molar-refractivity contribution in [3.63, 3.8) is 0 Å². The van der Waals surface area contributed by atoms with Crippen molar-refractivity contribution in [2.75, 3.05) is 6.54 Å². The summed E-state index contributed by atoms with van der Waals surface area (Å²) < 4.78 is 0. The summed E-state index contributed by atoms with van der Waals surface area (Å²) in [5.41, 5.74) is 7.65. The van der Waals surface area contributed by atoms with Crippen LogP contribution in [0.25, 0.3) is 0 Å². The highest BCUT2D eigenvalue weighted by Gasteiger charge is 2.20. The van der Waals surface area contributed by atoms with Gasteiger partial charge in [0.1, 0.15) is 4.99 Å². The van der Waals surface area contributed by atoms with Crippen molar-refractivity contribution in [1.29, 1.82) is 0 Å². The molecule has 20 heavy (non-hydrogen) atoms. The Morgan fingerprint density at radius 2 is 2.05 bits per heavy atom. The lowest BCUT2D eigenvalue weighted by molar-refractivity contribution is 0.156. The molecule has 1 aliphatic carbocycles. The molecule has 0 atom stereocenters. The normalized spacial score (nSPS) is 16.6. The highest BCUT2D eigenvalue weighted by atomic mass is 35.5. The topological polar surface area (TPSA) is 29.3 Å². The molecular weight excluding hydrogens is 288 g/mol. The Kier molecular flexibility index (Phi) is 5.82. The second kappa shape index (κ2) is 7.39. The van der Waals surface area contributed by atoms with Crippen LogP contribution in [0.5, 0.6) is 0 Å². The summed E-state index contributed by atoms with van der Waals surface area (Å²) in [6.07, 6.45) is 6.73.